The third kappa shape index (κ3) is 4.57. The molecule has 4 rings (SSSR count). The van der Waals surface area contributed by atoms with Crippen molar-refractivity contribution in [2.75, 3.05) is 26.2 Å². The first-order valence-electron chi connectivity index (χ1n) is 11.4. The highest BCUT2D eigenvalue weighted by Crippen LogP contribution is 2.40. The molecule has 0 bridgehead atoms. The molecular weight excluding hydrogens is 484 g/mol. The van der Waals surface area contributed by atoms with E-state index in [1.165, 1.54) is 0 Å². The van der Waals surface area contributed by atoms with Gasteiger partial charge in [0.1, 0.15) is 17.6 Å². The van der Waals surface area contributed by atoms with Crippen LogP contribution in [0.1, 0.15) is 43.5 Å². The van der Waals surface area contributed by atoms with Gasteiger partial charge in [0.15, 0.2) is 0 Å². The second kappa shape index (κ2) is 9.69. The summed E-state index contributed by atoms with van der Waals surface area (Å²) in [6.45, 7) is 8.91. The van der Waals surface area contributed by atoms with Gasteiger partial charge in [-0.2, -0.15) is 0 Å². The maximum absolute atomic E-state index is 13.2. The number of hydrogen-bond acceptors (Lipinski definition) is 5. The smallest absolute Gasteiger partial charge is 0.295 e. The predicted molar refractivity (Wildman–Crippen MR) is 131 cm³/mol. The van der Waals surface area contributed by atoms with Gasteiger partial charge in [0, 0.05) is 29.5 Å². The van der Waals surface area contributed by atoms with Crippen LogP contribution in [0.25, 0.3) is 5.76 Å². The van der Waals surface area contributed by atoms with E-state index in [4.69, 9.17) is 4.74 Å². The number of rotatable bonds is 7. The van der Waals surface area contributed by atoms with Crippen molar-refractivity contribution in [2.24, 2.45) is 0 Å². The molecule has 174 valence electrons. The molecule has 2 aliphatic rings. The van der Waals surface area contributed by atoms with Crippen LogP contribution in [-0.2, 0) is 16.0 Å². The number of ether oxygens (including phenoxy) is 1. The van der Waals surface area contributed by atoms with Crippen molar-refractivity contribution in [3.63, 3.8) is 0 Å². The molecule has 33 heavy (non-hydrogen) atoms. The monoisotopic (exact) mass is 512 g/mol. The molecule has 2 aromatic carbocycles. The van der Waals surface area contributed by atoms with Gasteiger partial charge < -0.3 is 19.6 Å². The molecule has 7 heteroatoms. The lowest BCUT2D eigenvalue weighted by Gasteiger charge is -2.28. The molecule has 1 saturated heterocycles. The van der Waals surface area contributed by atoms with E-state index in [2.05, 4.69) is 34.7 Å². The van der Waals surface area contributed by atoms with E-state index in [0.717, 1.165) is 40.9 Å². The third-order valence-corrected chi connectivity index (χ3v) is 6.98. The molecule has 0 aromatic heterocycles. The average molecular weight is 513 g/mol. The van der Waals surface area contributed by atoms with Gasteiger partial charge in [0.2, 0.25) is 0 Å². The number of amides is 1. The number of benzene rings is 2. The third-order valence-electron chi connectivity index (χ3n) is 6.45. The van der Waals surface area contributed by atoms with Crippen LogP contribution in [0.3, 0.4) is 0 Å². The normalized spacial score (nSPS) is 21.5. The van der Waals surface area contributed by atoms with E-state index < -0.39 is 17.7 Å². The standard InChI is InChI=1S/C26H29BrN2O4/c1-4-28(5-2)12-13-29-23(17-6-9-20(27)10-7-17)22(25(31)26(29)32)24(30)18-8-11-21-19(15-18)14-16(3)33-21/h6-11,15-16,23,30H,4-5,12-14H2,1-3H3. The van der Waals surface area contributed by atoms with E-state index in [1.807, 2.05) is 43.3 Å². The van der Waals surface area contributed by atoms with Crippen molar-refractivity contribution in [3.8, 4) is 5.75 Å². The summed E-state index contributed by atoms with van der Waals surface area (Å²) in [6, 6.07) is 12.3. The minimum Gasteiger partial charge on any atom is -0.507 e. The SMILES string of the molecule is CCN(CC)CCN1C(=O)C(=O)C(=C(O)c2ccc3c(c2)CC(C)O3)C1c1ccc(Br)cc1. The molecule has 2 atom stereocenters. The lowest BCUT2D eigenvalue weighted by Crippen LogP contribution is -2.38. The van der Waals surface area contributed by atoms with Crippen LogP contribution in [-0.4, -0.2) is 58.9 Å². The van der Waals surface area contributed by atoms with Gasteiger partial charge in [-0.25, -0.2) is 0 Å². The summed E-state index contributed by atoms with van der Waals surface area (Å²) in [5, 5.41) is 11.3. The van der Waals surface area contributed by atoms with Crippen molar-refractivity contribution in [3.05, 3.63) is 69.2 Å². The quantitative estimate of drug-likeness (QED) is 0.335. The summed E-state index contributed by atoms with van der Waals surface area (Å²) in [7, 11) is 0. The zero-order valence-corrected chi connectivity index (χ0v) is 20.8. The van der Waals surface area contributed by atoms with E-state index in [0.29, 0.717) is 18.7 Å². The van der Waals surface area contributed by atoms with Crippen LogP contribution in [0.2, 0.25) is 0 Å². The van der Waals surface area contributed by atoms with Gasteiger partial charge in [-0.05, 0) is 61.5 Å². The first-order chi connectivity index (χ1) is 15.8. The Balaban J connectivity index is 1.77. The Morgan fingerprint density at radius 3 is 2.52 bits per heavy atom. The molecule has 6 nitrogen and oxygen atoms in total. The number of ketones is 1. The number of likely N-dealkylation sites (N-methyl/N-ethyl adjacent to an activating group) is 1. The number of fused-ring (bicyclic) bond motifs is 1. The minimum absolute atomic E-state index is 0.0748. The Bertz CT molecular complexity index is 1090. The van der Waals surface area contributed by atoms with Crippen LogP contribution in [0.4, 0.5) is 0 Å². The number of Topliss-reactive ketones (excluding diaryl/α,β-unsaturated/α-hetero) is 1. The van der Waals surface area contributed by atoms with Gasteiger partial charge in [-0.1, -0.05) is 41.9 Å². The molecule has 2 heterocycles. The number of halogens is 1. The van der Waals surface area contributed by atoms with E-state index in [-0.39, 0.29) is 17.4 Å². The van der Waals surface area contributed by atoms with E-state index >= 15 is 0 Å². The topological polar surface area (TPSA) is 70.1 Å². The Morgan fingerprint density at radius 2 is 1.85 bits per heavy atom. The molecule has 0 radical (unpaired) electrons. The van der Waals surface area contributed by atoms with Gasteiger partial charge in [-0.15, -0.1) is 0 Å². The summed E-state index contributed by atoms with van der Waals surface area (Å²) < 4.78 is 6.67. The molecule has 2 aromatic rings. The highest BCUT2D eigenvalue weighted by molar-refractivity contribution is 9.10. The Morgan fingerprint density at radius 1 is 1.15 bits per heavy atom. The maximum atomic E-state index is 13.2. The van der Waals surface area contributed by atoms with Crippen molar-refractivity contribution < 1.29 is 19.4 Å². The fourth-order valence-electron chi connectivity index (χ4n) is 4.62. The molecular formula is C26H29BrN2O4. The van der Waals surface area contributed by atoms with Crippen molar-refractivity contribution in [1.29, 1.82) is 0 Å². The largest absolute Gasteiger partial charge is 0.507 e. The van der Waals surface area contributed by atoms with Crippen LogP contribution in [0.15, 0.2) is 52.5 Å². The second-order valence-electron chi connectivity index (χ2n) is 8.53. The van der Waals surface area contributed by atoms with Crippen LogP contribution in [0.5, 0.6) is 5.75 Å². The Labute approximate surface area is 203 Å². The summed E-state index contributed by atoms with van der Waals surface area (Å²) in [6.07, 6.45) is 0.816. The number of likely N-dealkylation sites (tertiary alicyclic amines) is 1. The Hall–Kier alpha value is -2.64. The number of aliphatic hydroxyl groups excluding tert-OH is 1. The van der Waals surface area contributed by atoms with Gasteiger partial charge in [0.25, 0.3) is 11.7 Å². The summed E-state index contributed by atoms with van der Waals surface area (Å²) >= 11 is 3.45. The fourth-order valence-corrected chi connectivity index (χ4v) is 4.88. The van der Waals surface area contributed by atoms with E-state index in [1.54, 1.807) is 11.0 Å². The van der Waals surface area contributed by atoms with Gasteiger partial charge >= 0.3 is 0 Å². The number of nitrogens with zero attached hydrogens (tertiary/aromatic N) is 2. The number of carbonyl (C=O) groups is 2. The zero-order valence-electron chi connectivity index (χ0n) is 19.2. The summed E-state index contributed by atoms with van der Waals surface area (Å²) in [5.74, 6) is -0.572. The molecule has 2 unspecified atom stereocenters. The highest BCUT2D eigenvalue weighted by Gasteiger charge is 2.46. The molecule has 0 saturated carbocycles. The van der Waals surface area contributed by atoms with Gasteiger partial charge in [0.05, 0.1) is 11.6 Å². The molecule has 1 amide bonds. The highest BCUT2D eigenvalue weighted by atomic mass is 79.9. The average Bonchev–Trinajstić information content (AvgIpc) is 3.30. The van der Waals surface area contributed by atoms with Crippen LogP contribution in [0, 0.1) is 0 Å². The van der Waals surface area contributed by atoms with Crippen molar-refractivity contribution >= 4 is 33.4 Å². The molecule has 1 fully saturated rings. The molecule has 0 aliphatic carbocycles. The maximum Gasteiger partial charge on any atom is 0.295 e. The minimum atomic E-state index is -0.648. The zero-order chi connectivity index (χ0) is 23.7. The Kier molecular flexibility index (Phi) is 6.91. The van der Waals surface area contributed by atoms with Crippen LogP contribution >= 0.6 is 15.9 Å². The predicted octanol–water partition coefficient (Wildman–Crippen LogP) is 4.54. The molecule has 2 aliphatic heterocycles. The van der Waals surface area contributed by atoms with Gasteiger partial charge in [-0.3, -0.25) is 9.59 Å². The number of aliphatic hydroxyl groups is 1. The first-order valence-corrected chi connectivity index (χ1v) is 12.2. The second-order valence-corrected chi connectivity index (χ2v) is 9.44. The van der Waals surface area contributed by atoms with Crippen LogP contribution < -0.4 is 4.74 Å². The first kappa shape index (κ1) is 23.5. The fraction of sp³-hybridized carbons (Fsp3) is 0.385. The number of carbonyl (C=O) groups excluding carboxylic acids is 2. The molecule has 1 N–H and O–H groups in total. The summed E-state index contributed by atoms with van der Waals surface area (Å²) in [5.41, 5.74) is 2.43. The lowest BCUT2D eigenvalue weighted by atomic mass is 9.94. The summed E-state index contributed by atoms with van der Waals surface area (Å²) in [4.78, 5) is 30.1. The van der Waals surface area contributed by atoms with Crippen molar-refractivity contribution in [2.45, 2.75) is 39.3 Å². The van der Waals surface area contributed by atoms with E-state index in [9.17, 15) is 14.7 Å². The van der Waals surface area contributed by atoms with Crippen molar-refractivity contribution in [1.82, 2.24) is 9.80 Å². The number of hydrogen-bond donors (Lipinski definition) is 1. The molecule has 0 spiro atoms. The lowest BCUT2D eigenvalue weighted by molar-refractivity contribution is -0.140.